The lowest BCUT2D eigenvalue weighted by molar-refractivity contribution is -0.143. The Balaban J connectivity index is 1.26. The highest BCUT2D eigenvalue weighted by atomic mass is 16.4. The SMILES string of the molecule is O=C1N(C2CCC(C3CCNCC3)CC2)CCN1[C@H]1CC[C@H](C(=O)O)CC1. The third-order valence-corrected chi connectivity index (χ3v) is 7.79. The molecule has 0 radical (unpaired) electrons. The lowest BCUT2D eigenvalue weighted by atomic mass is 9.74. The van der Waals surface area contributed by atoms with Gasteiger partial charge in [-0.2, -0.15) is 0 Å². The topological polar surface area (TPSA) is 72.9 Å². The molecule has 6 heteroatoms. The number of rotatable bonds is 4. The summed E-state index contributed by atoms with van der Waals surface area (Å²) >= 11 is 0. The van der Waals surface area contributed by atoms with E-state index in [4.69, 9.17) is 0 Å². The first-order valence-corrected chi connectivity index (χ1v) is 11.1. The fourth-order valence-electron chi connectivity index (χ4n) is 6.08. The van der Waals surface area contributed by atoms with Gasteiger partial charge in [-0.1, -0.05) is 0 Å². The van der Waals surface area contributed by atoms with Crippen molar-refractivity contribution in [2.45, 2.75) is 76.3 Å². The zero-order valence-corrected chi connectivity index (χ0v) is 16.4. The Kier molecular flexibility index (Phi) is 5.90. The van der Waals surface area contributed by atoms with Gasteiger partial charge in [-0.25, -0.2) is 4.79 Å². The van der Waals surface area contributed by atoms with Gasteiger partial charge in [0.2, 0.25) is 0 Å². The quantitative estimate of drug-likeness (QED) is 0.790. The Hall–Kier alpha value is -1.30. The van der Waals surface area contributed by atoms with Crippen molar-refractivity contribution in [3.8, 4) is 0 Å². The van der Waals surface area contributed by atoms with Crippen molar-refractivity contribution in [1.82, 2.24) is 15.1 Å². The van der Waals surface area contributed by atoms with Crippen molar-refractivity contribution in [1.29, 1.82) is 0 Å². The predicted octanol–water partition coefficient (Wildman–Crippen LogP) is 2.93. The molecule has 2 saturated carbocycles. The van der Waals surface area contributed by atoms with Gasteiger partial charge in [0.15, 0.2) is 0 Å². The number of amides is 2. The smallest absolute Gasteiger partial charge is 0.320 e. The van der Waals surface area contributed by atoms with Crippen molar-refractivity contribution in [2.75, 3.05) is 26.2 Å². The molecule has 4 aliphatic rings. The fourth-order valence-corrected chi connectivity index (χ4v) is 6.08. The first kappa shape index (κ1) is 19.0. The van der Waals surface area contributed by atoms with Crippen LogP contribution in [0.15, 0.2) is 0 Å². The highest BCUT2D eigenvalue weighted by Gasteiger charge is 2.40. The molecule has 152 valence electrons. The number of nitrogens with zero attached hydrogens (tertiary/aromatic N) is 2. The summed E-state index contributed by atoms with van der Waals surface area (Å²) in [6.45, 7) is 4.04. The second-order valence-corrected chi connectivity index (χ2v) is 9.17. The van der Waals surface area contributed by atoms with E-state index in [1.807, 2.05) is 0 Å². The maximum absolute atomic E-state index is 13.0. The normalized spacial score (nSPS) is 36.2. The third-order valence-electron chi connectivity index (χ3n) is 7.79. The van der Waals surface area contributed by atoms with E-state index in [9.17, 15) is 14.7 Å². The number of urea groups is 1. The summed E-state index contributed by atoms with van der Waals surface area (Å²) in [5, 5.41) is 12.6. The highest BCUT2D eigenvalue weighted by Crippen LogP contribution is 2.38. The van der Waals surface area contributed by atoms with Gasteiger partial charge in [0.05, 0.1) is 5.92 Å². The van der Waals surface area contributed by atoms with Crippen LogP contribution in [-0.2, 0) is 4.79 Å². The molecule has 4 fully saturated rings. The Morgan fingerprint density at radius 2 is 1.26 bits per heavy atom. The van der Waals surface area contributed by atoms with E-state index in [1.165, 1.54) is 51.6 Å². The van der Waals surface area contributed by atoms with Crippen molar-refractivity contribution in [3.05, 3.63) is 0 Å². The van der Waals surface area contributed by atoms with Gasteiger partial charge in [0.25, 0.3) is 0 Å². The molecule has 0 atom stereocenters. The van der Waals surface area contributed by atoms with E-state index < -0.39 is 5.97 Å². The third kappa shape index (κ3) is 4.10. The van der Waals surface area contributed by atoms with Crippen molar-refractivity contribution >= 4 is 12.0 Å². The Bertz CT molecular complexity index is 533. The molecule has 4 rings (SSSR count). The molecule has 6 nitrogen and oxygen atoms in total. The molecule has 27 heavy (non-hydrogen) atoms. The number of aliphatic carboxylic acids is 1. The van der Waals surface area contributed by atoms with Crippen LogP contribution < -0.4 is 5.32 Å². The van der Waals surface area contributed by atoms with Crippen molar-refractivity contribution < 1.29 is 14.7 Å². The van der Waals surface area contributed by atoms with Gasteiger partial charge < -0.3 is 20.2 Å². The summed E-state index contributed by atoms with van der Waals surface area (Å²) in [4.78, 5) is 28.4. The van der Waals surface area contributed by atoms with E-state index in [1.54, 1.807) is 0 Å². The van der Waals surface area contributed by atoms with Gasteiger partial charge in [-0.15, -0.1) is 0 Å². The molecular formula is C21H35N3O3. The van der Waals surface area contributed by atoms with Crippen LogP contribution in [0.2, 0.25) is 0 Å². The average Bonchev–Trinajstić information content (AvgIpc) is 3.10. The van der Waals surface area contributed by atoms with Crippen LogP contribution >= 0.6 is 0 Å². The summed E-state index contributed by atoms with van der Waals surface area (Å²) < 4.78 is 0. The molecule has 0 aromatic rings. The molecular weight excluding hydrogens is 342 g/mol. The van der Waals surface area contributed by atoms with Crippen LogP contribution in [0.1, 0.15) is 64.2 Å². The average molecular weight is 378 g/mol. The number of carboxylic acid groups (broad SMARTS) is 1. The zero-order chi connectivity index (χ0) is 18.8. The Morgan fingerprint density at radius 3 is 1.78 bits per heavy atom. The van der Waals surface area contributed by atoms with Crippen molar-refractivity contribution in [2.24, 2.45) is 17.8 Å². The Morgan fingerprint density at radius 1 is 0.778 bits per heavy atom. The molecule has 0 aromatic carbocycles. The number of carbonyl (C=O) groups is 2. The summed E-state index contributed by atoms with van der Waals surface area (Å²) in [6.07, 6.45) is 10.7. The largest absolute Gasteiger partial charge is 0.481 e. The molecule has 0 unspecified atom stereocenters. The Labute approximate surface area is 162 Å². The summed E-state index contributed by atoms with van der Waals surface area (Å²) in [5.74, 6) is 0.875. The standard InChI is InChI=1S/C21H35N3O3/c25-20(26)17-3-7-19(8-4-17)24-14-13-23(21(24)27)18-5-1-15(2-6-18)16-9-11-22-12-10-16/h15-19,22H,1-14H2,(H,25,26)/t15?,17-,18?,19-. The van der Waals surface area contributed by atoms with Gasteiger partial charge in [0.1, 0.15) is 0 Å². The first-order chi connectivity index (χ1) is 13.1. The van der Waals surface area contributed by atoms with Crippen LogP contribution in [0.3, 0.4) is 0 Å². The van der Waals surface area contributed by atoms with Crippen LogP contribution in [0, 0.1) is 17.8 Å². The maximum atomic E-state index is 13.0. The van der Waals surface area contributed by atoms with E-state index in [0.717, 1.165) is 37.8 Å². The molecule has 0 aromatic heterocycles. The van der Waals surface area contributed by atoms with Crippen LogP contribution in [-0.4, -0.2) is 65.2 Å². The number of nitrogens with one attached hydrogen (secondary N) is 1. The maximum Gasteiger partial charge on any atom is 0.320 e. The van der Waals surface area contributed by atoms with Crippen LogP contribution in [0.25, 0.3) is 0 Å². The van der Waals surface area contributed by atoms with Gasteiger partial charge >= 0.3 is 12.0 Å². The minimum Gasteiger partial charge on any atom is -0.481 e. The van der Waals surface area contributed by atoms with E-state index in [-0.39, 0.29) is 18.0 Å². The lowest BCUT2D eigenvalue weighted by Gasteiger charge is -2.39. The van der Waals surface area contributed by atoms with Gasteiger partial charge in [-0.3, -0.25) is 4.79 Å². The summed E-state index contributed by atoms with van der Waals surface area (Å²) in [5.41, 5.74) is 0. The summed E-state index contributed by atoms with van der Waals surface area (Å²) in [6, 6.07) is 0.902. The molecule has 0 spiro atoms. The van der Waals surface area contributed by atoms with E-state index in [2.05, 4.69) is 15.1 Å². The minimum atomic E-state index is -0.673. The predicted molar refractivity (Wildman–Crippen MR) is 104 cm³/mol. The summed E-state index contributed by atoms with van der Waals surface area (Å²) in [7, 11) is 0. The van der Waals surface area contributed by atoms with Crippen molar-refractivity contribution in [3.63, 3.8) is 0 Å². The van der Waals surface area contributed by atoms with E-state index >= 15 is 0 Å². The molecule has 2 saturated heterocycles. The number of piperidine rings is 1. The van der Waals surface area contributed by atoms with E-state index in [0.29, 0.717) is 18.9 Å². The zero-order valence-electron chi connectivity index (χ0n) is 16.4. The van der Waals surface area contributed by atoms with Gasteiger partial charge in [0, 0.05) is 25.2 Å². The molecule has 2 amide bonds. The van der Waals surface area contributed by atoms with Gasteiger partial charge in [-0.05, 0) is 89.1 Å². The molecule has 2 N–H and O–H groups in total. The number of carbonyl (C=O) groups excluding carboxylic acids is 1. The number of hydrogen-bond donors (Lipinski definition) is 2. The fraction of sp³-hybridized carbons (Fsp3) is 0.905. The monoisotopic (exact) mass is 377 g/mol. The lowest BCUT2D eigenvalue weighted by Crippen LogP contribution is -2.45. The molecule has 2 aliphatic heterocycles. The second-order valence-electron chi connectivity index (χ2n) is 9.17. The molecule has 2 aliphatic carbocycles. The number of hydrogen-bond acceptors (Lipinski definition) is 3. The molecule has 0 bridgehead atoms. The van der Waals surface area contributed by atoms with Crippen LogP contribution in [0.5, 0.6) is 0 Å². The highest BCUT2D eigenvalue weighted by molar-refractivity contribution is 5.77. The van der Waals surface area contributed by atoms with Crippen LogP contribution in [0.4, 0.5) is 4.79 Å². The molecule has 2 heterocycles. The number of carboxylic acids is 1. The second kappa shape index (κ2) is 8.38. The first-order valence-electron chi connectivity index (χ1n) is 11.1. The minimum absolute atomic E-state index is 0.208.